The first-order valence-electron chi connectivity index (χ1n) is 5.35. The molecule has 0 saturated heterocycles. The minimum Gasteiger partial charge on any atom is -0.294 e. The quantitative estimate of drug-likeness (QED) is 0.775. The molecule has 0 saturated carbocycles. The monoisotopic (exact) mass is 245 g/mol. The normalized spacial score (nSPS) is 10.2. The number of aryl methyl sites for hydroxylation is 1. The van der Waals surface area contributed by atoms with E-state index in [4.69, 9.17) is 11.6 Å². The Balaban J connectivity index is 2.24. The number of hydrogen-bond donors (Lipinski definition) is 0. The minimum absolute atomic E-state index is 0.0676. The van der Waals surface area contributed by atoms with E-state index in [2.05, 4.69) is 4.98 Å². The van der Waals surface area contributed by atoms with E-state index >= 15 is 0 Å². The van der Waals surface area contributed by atoms with Gasteiger partial charge in [-0.05, 0) is 30.2 Å². The second kappa shape index (κ2) is 5.11. The lowest BCUT2D eigenvalue weighted by Gasteiger charge is -2.05. The predicted molar refractivity (Wildman–Crippen MR) is 68.5 cm³/mol. The van der Waals surface area contributed by atoms with Crippen LogP contribution in [0.4, 0.5) is 0 Å². The third-order valence-corrected chi connectivity index (χ3v) is 3.00. The van der Waals surface area contributed by atoms with Gasteiger partial charge in [0.2, 0.25) is 0 Å². The molecule has 1 aromatic carbocycles. The highest BCUT2D eigenvalue weighted by Gasteiger charge is 2.11. The molecular formula is C14H12ClNO. The van der Waals surface area contributed by atoms with Crippen LogP contribution in [0.5, 0.6) is 0 Å². The largest absolute Gasteiger partial charge is 0.294 e. The molecule has 1 heterocycles. The van der Waals surface area contributed by atoms with Gasteiger partial charge in [0.15, 0.2) is 5.78 Å². The molecule has 2 aromatic rings. The van der Waals surface area contributed by atoms with Crippen molar-refractivity contribution in [1.82, 2.24) is 4.98 Å². The molecule has 0 fully saturated rings. The average molecular weight is 246 g/mol. The maximum atomic E-state index is 12.1. The van der Waals surface area contributed by atoms with Crippen LogP contribution in [0.1, 0.15) is 21.5 Å². The van der Waals surface area contributed by atoms with Gasteiger partial charge >= 0.3 is 0 Å². The molecule has 0 bridgehead atoms. The summed E-state index contributed by atoms with van der Waals surface area (Å²) in [7, 11) is 0. The molecule has 3 heteroatoms. The Morgan fingerprint density at radius 3 is 2.76 bits per heavy atom. The van der Waals surface area contributed by atoms with Gasteiger partial charge < -0.3 is 0 Å². The van der Waals surface area contributed by atoms with Crippen LogP contribution in [0.15, 0.2) is 42.7 Å². The van der Waals surface area contributed by atoms with E-state index in [0.717, 1.165) is 11.1 Å². The van der Waals surface area contributed by atoms with Crippen molar-refractivity contribution in [2.75, 3.05) is 0 Å². The van der Waals surface area contributed by atoms with Gasteiger partial charge in [0, 0.05) is 29.4 Å². The average Bonchev–Trinajstić information content (AvgIpc) is 2.32. The molecule has 0 aliphatic carbocycles. The Hall–Kier alpha value is -1.67. The SMILES string of the molecule is Cc1cnccc1C(=O)Cc1ccccc1Cl. The fourth-order valence-electron chi connectivity index (χ4n) is 1.70. The molecule has 1 aromatic heterocycles. The molecule has 0 N–H and O–H groups in total. The summed E-state index contributed by atoms with van der Waals surface area (Å²) in [6.07, 6.45) is 3.65. The van der Waals surface area contributed by atoms with Crippen LogP contribution in [0, 0.1) is 6.92 Å². The molecule has 0 atom stereocenters. The second-order valence-corrected chi connectivity index (χ2v) is 4.29. The third kappa shape index (κ3) is 2.71. The summed E-state index contributed by atoms with van der Waals surface area (Å²) in [5, 5.41) is 0.632. The Morgan fingerprint density at radius 2 is 2.06 bits per heavy atom. The van der Waals surface area contributed by atoms with Gasteiger partial charge in [0.05, 0.1) is 0 Å². The summed E-state index contributed by atoms with van der Waals surface area (Å²) in [6.45, 7) is 1.88. The molecule has 0 aliphatic rings. The number of rotatable bonds is 3. The van der Waals surface area contributed by atoms with Gasteiger partial charge in [-0.15, -0.1) is 0 Å². The van der Waals surface area contributed by atoms with Crippen LogP contribution in [0.3, 0.4) is 0 Å². The molecule has 0 aliphatic heterocycles. The van der Waals surface area contributed by atoms with Crippen molar-refractivity contribution in [1.29, 1.82) is 0 Å². The highest BCUT2D eigenvalue weighted by Crippen LogP contribution is 2.18. The number of ketones is 1. The molecule has 0 unspecified atom stereocenters. The Bertz CT molecular complexity index is 551. The zero-order valence-electron chi connectivity index (χ0n) is 9.48. The summed E-state index contributed by atoms with van der Waals surface area (Å²) < 4.78 is 0. The summed E-state index contributed by atoms with van der Waals surface area (Å²) in [5.41, 5.74) is 2.46. The lowest BCUT2D eigenvalue weighted by molar-refractivity contribution is 0.0992. The van der Waals surface area contributed by atoms with Crippen LogP contribution in [0.25, 0.3) is 0 Å². The lowest BCUT2D eigenvalue weighted by atomic mass is 10.0. The number of pyridine rings is 1. The van der Waals surface area contributed by atoms with Crippen molar-refractivity contribution < 1.29 is 4.79 Å². The minimum atomic E-state index is 0.0676. The van der Waals surface area contributed by atoms with Crippen LogP contribution >= 0.6 is 11.6 Å². The van der Waals surface area contributed by atoms with E-state index in [1.165, 1.54) is 0 Å². The van der Waals surface area contributed by atoms with Crippen molar-refractivity contribution in [2.45, 2.75) is 13.3 Å². The highest BCUT2D eigenvalue weighted by molar-refractivity contribution is 6.31. The Kier molecular flexibility index (Phi) is 3.55. The Morgan fingerprint density at radius 1 is 1.29 bits per heavy atom. The molecule has 2 nitrogen and oxygen atoms in total. The van der Waals surface area contributed by atoms with Gasteiger partial charge in [0.25, 0.3) is 0 Å². The van der Waals surface area contributed by atoms with E-state index in [1.807, 2.05) is 25.1 Å². The molecule has 86 valence electrons. The summed E-state index contributed by atoms with van der Waals surface area (Å²) >= 11 is 6.03. The van der Waals surface area contributed by atoms with Gasteiger partial charge in [-0.2, -0.15) is 0 Å². The highest BCUT2D eigenvalue weighted by atomic mass is 35.5. The lowest BCUT2D eigenvalue weighted by Crippen LogP contribution is -2.06. The zero-order chi connectivity index (χ0) is 12.3. The zero-order valence-corrected chi connectivity index (χ0v) is 10.2. The number of carbonyl (C=O) groups excluding carboxylic acids is 1. The van der Waals surface area contributed by atoms with Gasteiger partial charge in [0.1, 0.15) is 0 Å². The number of nitrogens with zero attached hydrogens (tertiary/aromatic N) is 1. The number of Topliss-reactive ketones (excluding diaryl/α,β-unsaturated/α-hetero) is 1. The molecule has 17 heavy (non-hydrogen) atoms. The van der Waals surface area contributed by atoms with Gasteiger partial charge in [-0.3, -0.25) is 9.78 Å². The topological polar surface area (TPSA) is 30.0 Å². The third-order valence-electron chi connectivity index (χ3n) is 2.63. The van der Waals surface area contributed by atoms with E-state index in [1.54, 1.807) is 24.5 Å². The number of benzene rings is 1. The number of halogens is 1. The molecule has 2 rings (SSSR count). The molecule has 0 radical (unpaired) electrons. The molecule has 0 spiro atoms. The summed E-state index contributed by atoms with van der Waals surface area (Å²) in [5.74, 6) is 0.0676. The van der Waals surface area contributed by atoms with E-state index in [-0.39, 0.29) is 5.78 Å². The fraction of sp³-hybridized carbons (Fsp3) is 0.143. The molecule has 0 amide bonds. The first kappa shape index (κ1) is 11.8. The van der Waals surface area contributed by atoms with Crippen LogP contribution in [0.2, 0.25) is 5.02 Å². The number of aromatic nitrogens is 1. The smallest absolute Gasteiger partial charge is 0.167 e. The number of carbonyl (C=O) groups is 1. The van der Waals surface area contributed by atoms with Crippen molar-refractivity contribution >= 4 is 17.4 Å². The van der Waals surface area contributed by atoms with Crippen LogP contribution in [-0.4, -0.2) is 10.8 Å². The predicted octanol–water partition coefficient (Wildman–Crippen LogP) is 3.47. The second-order valence-electron chi connectivity index (χ2n) is 3.88. The fourth-order valence-corrected chi connectivity index (χ4v) is 1.90. The van der Waals surface area contributed by atoms with Crippen molar-refractivity contribution in [3.05, 3.63) is 64.4 Å². The summed E-state index contributed by atoms with van der Waals surface area (Å²) in [6, 6.07) is 9.15. The maximum absolute atomic E-state index is 12.1. The first-order valence-corrected chi connectivity index (χ1v) is 5.73. The van der Waals surface area contributed by atoms with Gasteiger partial charge in [-0.25, -0.2) is 0 Å². The van der Waals surface area contributed by atoms with Crippen LogP contribution < -0.4 is 0 Å². The van der Waals surface area contributed by atoms with Gasteiger partial charge in [-0.1, -0.05) is 29.8 Å². The van der Waals surface area contributed by atoms with Crippen molar-refractivity contribution in [3.8, 4) is 0 Å². The van der Waals surface area contributed by atoms with E-state index < -0.39 is 0 Å². The number of hydrogen-bond acceptors (Lipinski definition) is 2. The Labute approximate surface area is 105 Å². The van der Waals surface area contributed by atoms with Crippen LogP contribution in [-0.2, 0) is 6.42 Å². The van der Waals surface area contributed by atoms with Crippen molar-refractivity contribution in [3.63, 3.8) is 0 Å². The van der Waals surface area contributed by atoms with E-state index in [9.17, 15) is 4.79 Å². The maximum Gasteiger partial charge on any atom is 0.167 e. The summed E-state index contributed by atoms with van der Waals surface area (Å²) in [4.78, 5) is 16.1. The molecular weight excluding hydrogens is 234 g/mol. The van der Waals surface area contributed by atoms with Crippen molar-refractivity contribution in [2.24, 2.45) is 0 Å². The standard InChI is InChI=1S/C14H12ClNO/c1-10-9-16-7-6-12(10)14(17)8-11-4-2-3-5-13(11)15/h2-7,9H,8H2,1H3. The van der Waals surface area contributed by atoms with E-state index in [0.29, 0.717) is 17.0 Å². The first-order chi connectivity index (χ1) is 8.18.